The van der Waals surface area contributed by atoms with Crippen molar-refractivity contribution in [2.75, 3.05) is 11.9 Å². The predicted octanol–water partition coefficient (Wildman–Crippen LogP) is 5.62. The number of amides is 4. The van der Waals surface area contributed by atoms with Crippen LogP contribution in [0, 0.1) is 24.6 Å². The van der Waals surface area contributed by atoms with Crippen LogP contribution < -0.4 is 21.3 Å². The van der Waals surface area contributed by atoms with Gasteiger partial charge in [0.25, 0.3) is 5.91 Å². The summed E-state index contributed by atoms with van der Waals surface area (Å²) in [4.78, 5) is 52.5. The number of aryl methyl sites for hydroxylation is 1. The molecule has 1 aromatic heterocycles. The van der Waals surface area contributed by atoms with Crippen molar-refractivity contribution in [1.82, 2.24) is 36.6 Å². The molecule has 6 rings (SSSR count). The lowest BCUT2D eigenvalue weighted by molar-refractivity contribution is -0.130. The van der Waals surface area contributed by atoms with Gasteiger partial charge in [-0.05, 0) is 136 Å². The smallest absolute Gasteiger partial charge is 0.407 e. The molecule has 0 radical (unpaired) electrons. The number of aromatic nitrogens is 4. The van der Waals surface area contributed by atoms with Crippen LogP contribution in [0.15, 0.2) is 60.7 Å². The molecule has 2 aliphatic rings. The van der Waals surface area contributed by atoms with Gasteiger partial charge >= 0.3 is 6.09 Å². The maximum absolute atomic E-state index is 15.0. The highest BCUT2D eigenvalue weighted by molar-refractivity contribution is 5.98. The molecule has 302 valence electrons. The summed E-state index contributed by atoms with van der Waals surface area (Å²) in [6.45, 7) is 7.82. The summed E-state index contributed by atoms with van der Waals surface area (Å²) >= 11 is 0. The molecule has 2 saturated carbocycles. The number of aliphatic hydroxyl groups excluding tert-OH is 1. The average molecular weight is 783 g/mol. The number of carbonyl (C=O) groups is 4. The van der Waals surface area contributed by atoms with Gasteiger partial charge in [0, 0.05) is 36.2 Å². The fourth-order valence-electron chi connectivity index (χ4n) is 7.49. The summed E-state index contributed by atoms with van der Waals surface area (Å²) in [5.41, 5.74) is 3.84. The first kappa shape index (κ1) is 40.9. The third kappa shape index (κ3) is 11.2. The minimum atomic E-state index is -0.977. The highest BCUT2D eigenvalue weighted by Crippen LogP contribution is 2.30. The fraction of sp³-hybridized carbons (Fsp3) is 0.452. The number of carbonyl (C=O) groups excluding carboxylic acids is 4. The van der Waals surface area contributed by atoms with E-state index >= 15 is 4.39 Å². The van der Waals surface area contributed by atoms with Crippen LogP contribution in [0.1, 0.15) is 87.2 Å². The maximum atomic E-state index is 15.0. The molecule has 3 atom stereocenters. The lowest BCUT2D eigenvalue weighted by Gasteiger charge is -2.29. The number of nitrogens with zero attached hydrogens (tertiary/aromatic N) is 3. The molecule has 4 aromatic rings. The summed E-state index contributed by atoms with van der Waals surface area (Å²) in [6, 6.07) is 16.3. The molecule has 15 heteroatoms. The highest BCUT2D eigenvalue weighted by Gasteiger charge is 2.31. The number of aromatic amines is 1. The van der Waals surface area contributed by atoms with E-state index in [2.05, 4.69) is 41.9 Å². The van der Waals surface area contributed by atoms with E-state index in [-0.39, 0.29) is 59.3 Å². The number of aliphatic hydroxyl groups is 1. The number of anilines is 1. The van der Waals surface area contributed by atoms with Crippen LogP contribution in [0.4, 0.5) is 14.9 Å². The fourth-order valence-corrected chi connectivity index (χ4v) is 7.49. The Morgan fingerprint density at radius 3 is 2.32 bits per heavy atom. The zero-order valence-corrected chi connectivity index (χ0v) is 32.7. The van der Waals surface area contributed by atoms with Gasteiger partial charge in [-0.1, -0.05) is 30.3 Å². The normalized spacial score (nSPS) is 20.0. The molecule has 0 saturated heterocycles. The number of hydrogen-bond acceptors (Lipinski definition) is 9. The van der Waals surface area contributed by atoms with Crippen molar-refractivity contribution in [1.29, 1.82) is 0 Å². The summed E-state index contributed by atoms with van der Waals surface area (Å²) < 4.78 is 20.4. The van der Waals surface area contributed by atoms with E-state index in [1.165, 1.54) is 18.2 Å². The Hall–Kier alpha value is -5.70. The van der Waals surface area contributed by atoms with Gasteiger partial charge in [0.2, 0.25) is 17.6 Å². The second-order valence-electron chi connectivity index (χ2n) is 16.1. The van der Waals surface area contributed by atoms with Crippen molar-refractivity contribution in [2.24, 2.45) is 11.8 Å². The van der Waals surface area contributed by atoms with Gasteiger partial charge in [-0.15, -0.1) is 10.2 Å². The Morgan fingerprint density at radius 2 is 1.68 bits per heavy atom. The van der Waals surface area contributed by atoms with Crippen molar-refractivity contribution in [3.63, 3.8) is 0 Å². The summed E-state index contributed by atoms with van der Waals surface area (Å²) in [7, 11) is 0. The number of hydrogen-bond donors (Lipinski definition) is 6. The zero-order valence-electron chi connectivity index (χ0n) is 32.7. The quantitative estimate of drug-likeness (QED) is 0.106. The lowest BCUT2D eigenvalue weighted by Crippen LogP contribution is -2.48. The average Bonchev–Trinajstić information content (AvgIpc) is 3.85. The molecular formula is C42H51FN8O6. The standard InChI is InChI=1S/C42H51FN8O6/c1-24-19-29(39(54)45-30-14-16-32(52)21-30)13-17-33(24)27-9-5-25(6-10-27)20-36(40(55)46-31-15-18-34(35(43)22-31)37-48-50-51-49-37)47-38(53)28-11-7-26(8-12-28)23-44-41(56)57-42(2,3)4/h5-6,9-10,13,15,17-19,22,26,28,30,32,36,52H,7-8,11-12,14,16,20-21,23H2,1-4H3,(H,44,56)(H,45,54)(H,46,55)(H,47,53)(H,48,49,50,51). The minimum Gasteiger partial charge on any atom is -0.444 e. The van der Waals surface area contributed by atoms with Crippen LogP contribution in [-0.4, -0.2) is 79.9 Å². The van der Waals surface area contributed by atoms with Crippen molar-refractivity contribution in [3.8, 4) is 22.5 Å². The second kappa shape index (κ2) is 18.0. The van der Waals surface area contributed by atoms with Crippen molar-refractivity contribution < 1.29 is 33.4 Å². The summed E-state index contributed by atoms with van der Waals surface area (Å²) in [6.07, 6.45) is 4.00. The van der Waals surface area contributed by atoms with Crippen LogP contribution in [0.2, 0.25) is 0 Å². The highest BCUT2D eigenvalue weighted by atomic mass is 19.1. The van der Waals surface area contributed by atoms with Crippen molar-refractivity contribution in [2.45, 2.75) is 103 Å². The van der Waals surface area contributed by atoms with Gasteiger partial charge in [0.05, 0.1) is 11.7 Å². The Kier molecular flexibility index (Phi) is 13.0. The van der Waals surface area contributed by atoms with E-state index in [0.717, 1.165) is 41.5 Å². The molecule has 2 aliphatic carbocycles. The van der Waals surface area contributed by atoms with Gasteiger partial charge in [-0.2, -0.15) is 5.21 Å². The van der Waals surface area contributed by atoms with Gasteiger partial charge < -0.3 is 31.1 Å². The van der Waals surface area contributed by atoms with Gasteiger partial charge in [-0.3, -0.25) is 14.4 Å². The van der Waals surface area contributed by atoms with Gasteiger partial charge in [0.1, 0.15) is 17.5 Å². The number of benzene rings is 3. The van der Waals surface area contributed by atoms with Gasteiger partial charge in [0.15, 0.2) is 0 Å². The van der Waals surface area contributed by atoms with Crippen molar-refractivity contribution in [3.05, 3.63) is 83.2 Å². The number of alkyl carbamates (subject to hydrolysis) is 1. The third-order valence-electron chi connectivity index (χ3n) is 10.5. The molecule has 14 nitrogen and oxygen atoms in total. The van der Waals surface area contributed by atoms with Crippen molar-refractivity contribution >= 4 is 29.5 Å². The molecular weight excluding hydrogens is 732 g/mol. The molecule has 3 unspecified atom stereocenters. The van der Waals surface area contributed by atoms with E-state index in [1.54, 1.807) is 6.07 Å². The molecule has 0 spiro atoms. The molecule has 57 heavy (non-hydrogen) atoms. The van der Waals surface area contributed by atoms with Gasteiger partial charge in [-0.25, -0.2) is 9.18 Å². The molecule has 3 aromatic carbocycles. The molecule has 6 N–H and O–H groups in total. The van der Waals surface area contributed by atoms with Crippen LogP contribution in [0.25, 0.3) is 22.5 Å². The van der Waals surface area contributed by atoms with E-state index < -0.39 is 29.5 Å². The van der Waals surface area contributed by atoms with E-state index in [0.29, 0.717) is 37.8 Å². The van der Waals surface area contributed by atoms with Crippen LogP contribution in [0.3, 0.4) is 0 Å². The zero-order chi connectivity index (χ0) is 40.7. The summed E-state index contributed by atoms with van der Waals surface area (Å²) in [5.74, 6) is -1.61. The first-order valence-electron chi connectivity index (χ1n) is 19.5. The maximum Gasteiger partial charge on any atom is 0.407 e. The van der Waals surface area contributed by atoms with Crippen LogP contribution in [0.5, 0.6) is 0 Å². The molecule has 0 bridgehead atoms. The second-order valence-corrected chi connectivity index (χ2v) is 16.1. The Balaban J connectivity index is 1.12. The topological polar surface area (TPSA) is 200 Å². The number of nitrogens with one attached hydrogen (secondary N) is 5. The van der Waals surface area contributed by atoms with Crippen LogP contribution >= 0.6 is 0 Å². The minimum absolute atomic E-state index is 0.0324. The first-order valence-corrected chi connectivity index (χ1v) is 19.5. The Bertz CT molecular complexity index is 2040. The largest absolute Gasteiger partial charge is 0.444 e. The Morgan fingerprint density at radius 1 is 0.947 bits per heavy atom. The monoisotopic (exact) mass is 782 g/mol. The van der Waals surface area contributed by atoms with E-state index in [9.17, 15) is 24.3 Å². The lowest BCUT2D eigenvalue weighted by atomic mass is 9.81. The van der Waals surface area contributed by atoms with Crippen LogP contribution in [-0.2, 0) is 20.7 Å². The van der Waals surface area contributed by atoms with E-state index in [4.69, 9.17) is 4.74 Å². The third-order valence-corrected chi connectivity index (χ3v) is 10.5. The number of tetrazole rings is 1. The SMILES string of the molecule is Cc1cc(C(=O)NC2CCC(O)C2)ccc1-c1ccc(CC(NC(=O)C2CCC(CNC(=O)OC(C)(C)C)CC2)C(=O)Nc2ccc(-c3nn[nH]n3)c(F)c2)cc1. The first-order chi connectivity index (χ1) is 27.2. The number of halogens is 1. The van der Waals surface area contributed by atoms with E-state index in [1.807, 2.05) is 64.1 Å². The number of rotatable bonds is 12. The number of H-pyrrole nitrogens is 1. The molecule has 2 fully saturated rings. The number of ether oxygens (including phenoxy) is 1. The molecule has 1 heterocycles. The predicted molar refractivity (Wildman–Crippen MR) is 211 cm³/mol. The Labute approximate surface area is 331 Å². The summed E-state index contributed by atoms with van der Waals surface area (Å²) in [5, 5.41) is 34.8. The molecule has 0 aliphatic heterocycles. The molecule has 4 amide bonds.